The van der Waals surface area contributed by atoms with Crippen LogP contribution in [0.4, 0.5) is 0 Å². The Morgan fingerprint density at radius 2 is 0.867 bits per heavy atom. The summed E-state index contributed by atoms with van der Waals surface area (Å²) in [6, 6.07) is 12.0. The molecule has 5 nitrogen and oxygen atoms in total. The van der Waals surface area contributed by atoms with Crippen LogP contribution in [-0.2, 0) is 23.9 Å². The smallest absolute Gasteiger partial charge is 0.199 e. The van der Waals surface area contributed by atoms with Gasteiger partial charge in [0.25, 0.3) is 20.2 Å². The van der Waals surface area contributed by atoms with E-state index in [0.717, 1.165) is 0 Å². The van der Waals surface area contributed by atoms with Gasteiger partial charge in [-0.2, -0.15) is 16.8 Å². The lowest BCUT2D eigenvalue weighted by molar-refractivity contribution is 0.471. The maximum Gasteiger partial charge on any atom is 0.278 e. The third kappa shape index (κ3) is 13.1. The van der Waals surface area contributed by atoms with Crippen LogP contribution < -0.4 is 0 Å². The summed E-state index contributed by atoms with van der Waals surface area (Å²) in [4.78, 5) is 0. The van der Waals surface area contributed by atoms with Crippen LogP contribution in [0.2, 0.25) is 0 Å². The highest BCUT2D eigenvalue weighted by Gasteiger charge is 2.10. The molecule has 0 aromatic heterocycles. The first-order valence-corrected chi connectivity index (χ1v) is 7.45. The van der Waals surface area contributed by atoms with Crippen molar-refractivity contribution >= 4 is 20.2 Å². The van der Waals surface area contributed by atoms with Gasteiger partial charge in [-0.1, -0.05) is 36.4 Å². The van der Waals surface area contributed by atoms with Crippen molar-refractivity contribution in [1.29, 1.82) is 0 Å². The van der Waals surface area contributed by atoms with Crippen LogP contribution in [0.3, 0.4) is 0 Å². The van der Waals surface area contributed by atoms with E-state index in [1.54, 1.807) is 0 Å². The standard InChI is InChI=1S/C6H6.C2H6O5S2/c1-2-4-6-5-3-1;1-8(3,4)7-9(2,5)6/h1-6H;1-2H3. The van der Waals surface area contributed by atoms with Crippen LogP contribution in [0.25, 0.3) is 0 Å². The van der Waals surface area contributed by atoms with E-state index in [2.05, 4.69) is 3.63 Å². The number of benzene rings is 1. The van der Waals surface area contributed by atoms with Crippen molar-refractivity contribution in [2.45, 2.75) is 0 Å². The Morgan fingerprint density at radius 1 is 0.667 bits per heavy atom. The van der Waals surface area contributed by atoms with Gasteiger partial charge in [0.15, 0.2) is 0 Å². The number of hydrogen-bond donors (Lipinski definition) is 0. The summed E-state index contributed by atoms with van der Waals surface area (Å²) in [5.74, 6) is 0. The second-order valence-electron chi connectivity index (χ2n) is 2.63. The molecule has 1 rings (SSSR count). The molecule has 0 amide bonds. The second kappa shape index (κ2) is 5.84. The molecule has 0 spiro atoms. The van der Waals surface area contributed by atoms with Crippen molar-refractivity contribution in [2.24, 2.45) is 0 Å². The van der Waals surface area contributed by atoms with Crippen molar-refractivity contribution in [2.75, 3.05) is 12.5 Å². The van der Waals surface area contributed by atoms with Gasteiger partial charge in [-0.15, -0.1) is 3.63 Å². The first kappa shape index (κ1) is 14.1. The molecule has 0 N–H and O–H groups in total. The molecule has 0 aliphatic rings. The monoisotopic (exact) mass is 252 g/mol. The first-order chi connectivity index (χ1) is 6.71. The molecule has 15 heavy (non-hydrogen) atoms. The molecule has 86 valence electrons. The molecule has 0 saturated heterocycles. The zero-order valence-corrected chi connectivity index (χ0v) is 9.95. The highest BCUT2D eigenvalue weighted by atomic mass is 32.3. The van der Waals surface area contributed by atoms with Crippen LogP contribution in [0.5, 0.6) is 0 Å². The molecule has 7 heteroatoms. The zero-order chi connectivity index (χ0) is 11.9. The molecular formula is C8H12O5S2. The topological polar surface area (TPSA) is 77.5 Å². The average Bonchev–Trinajstić information content (AvgIpc) is 2.01. The molecule has 0 fully saturated rings. The number of hydrogen-bond acceptors (Lipinski definition) is 5. The lowest BCUT2D eigenvalue weighted by Gasteiger charge is -1.92. The molecule has 0 aliphatic carbocycles. The van der Waals surface area contributed by atoms with E-state index < -0.39 is 20.2 Å². The molecule has 1 aromatic carbocycles. The molecule has 0 unspecified atom stereocenters. The van der Waals surface area contributed by atoms with E-state index in [4.69, 9.17) is 0 Å². The van der Waals surface area contributed by atoms with Crippen molar-refractivity contribution in [3.8, 4) is 0 Å². The van der Waals surface area contributed by atoms with Gasteiger partial charge in [0.2, 0.25) is 0 Å². The van der Waals surface area contributed by atoms with Crippen LogP contribution in [0.1, 0.15) is 0 Å². The molecule has 0 aliphatic heterocycles. The Kier molecular flexibility index (Phi) is 5.48. The molecular weight excluding hydrogens is 240 g/mol. The summed E-state index contributed by atoms with van der Waals surface area (Å²) >= 11 is 0. The predicted molar refractivity (Wildman–Crippen MR) is 57.2 cm³/mol. The molecule has 0 radical (unpaired) electrons. The van der Waals surface area contributed by atoms with E-state index in [1.165, 1.54) is 0 Å². The number of rotatable bonds is 2. The van der Waals surface area contributed by atoms with Gasteiger partial charge in [-0.3, -0.25) is 0 Å². The summed E-state index contributed by atoms with van der Waals surface area (Å²) in [5, 5.41) is 0. The first-order valence-electron chi connectivity index (χ1n) is 3.82. The van der Waals surface area contributed by atoms with Crippen LogP contribution in [0.15, 0.2) is 36.4 Å². The van der Waals surface area contributed by atoms with Gasteiger partial charge in [-0.25, -0.2) is 0 Å². The van der Waals surface area contributed by atoms with Crippen molar-refractivity contribution in [1.82, 2.24) is 0 Å². The Bertz CT molecular complexity index is 404. The van der Waals surface area contributed by atoms with Gasteiger partial charge in [0.1, 0.15) is 0 Å². The summed E-state index contributed by atoms with van der Waals surface area (Å²) in [6.45, 7) is 0. The minimum atomic E-state index is -3.87. The summed E-state index contributed by atoms with van der Waals surface area (Å²) in [5.41, 5.74) is 0. The third-order valence-electron chi connectivity index (χ3n) is 0.914. The van der Waals surface area contributed by atoms with Gasteiger partial charge >= 0.3 is 0 Å². The van der Waals surface area contributed by atoms with Crippen LogP contribution in [-0.4, -0.2) is 29.3 Å². The average molecular weight is 252 g/mol. The fourth-order valence-electron chi connectivity index (χ4n) is 0.609. The largest absolute Gasteiger partial charge is 0.278 e. The lowest BCUT2D eigenvalue weighted by atomic mass is 10.4. The fourth-order valence-corrected chi connectivity index (χ4v) is 2.41. The molecule has 0 saturated carbocycles. The predicted octanol–water partition coefficient (Wildman–Crippen LogP) is 0.609. The van der Waals surface area contributed by atoms with E-state index in [9.17, 15) is 16.8 Å². The second-order valence-corrected chi connectivity index (χ2v) is 5.99. The Balaban J connectivity index is 0.000000280. The van der Waals surface area contributed by atoms with Crippen molar-refractivity contribution < 1.29 is 20.5 Å². The zero-order valence-electron chi connectivity index (χ0n) is 8.32. The molecule has 1 aromatic rings. The van der Waals surface area contributed by atoms with Gasteiger partial charge < -0.3 is 0 Å². The van der Waals surface area contributed by atoms with Gasteiger partial charge in [-0.05, 0) is 0 Å². The highest BCUT2D eigenvalue weighted by Crippen LogP contribution is 1.92. The van der Waals surface area contributed by atoms with Crippen LogP contribution >= 0.6 is 0 Å². The van der Waals surface area contributed by atoms with Crippen molar-refractivity contribution in [3.63, 3.8) is 0 Å². The Labute approximate surface area is 89.9 Å². The quantitative estimate of drug-likeness (QED) is 0.770. The van der Waals surface area contributed by atoms with E-state index >= 15 is 0 Å². The Hall–Kier alpha value is -0.920. The fraction of sp³-hybridized carbons (Fsp3) is 0.250. The normalized spacial score (nSPS) is 11.3. The summed E-state index contributed by atoms with van der Waals surface area (Å²) in [6.07, 6.45) is 1.32. The van der Waals surface area contributed by atoms with E-state index in [0.29, 0.717) is 12.5 Å². The summed E-state index contributed by atoms with van der Waals surface area (Å²) < 4.78 is 43.8. The maximum atomic E-state index is 10.0. The van der Waals surface area contributed by atoms with E-state index in [1.807, 2.05) is 36.4 Å². The van der Waals surface area contributed by atoms with Gasteiger partial charge in [0.05, 0.1) is 12.5 Å². The SMILES string of the molecule is CS(=O)(=O)OS(C)(=O)=O.c1ccccc1. The minimum absolute atomic E-state index is 0.661. The third-order valence-corrected chi connectivity index (χ3v) is 2.89. The molecule has 0 heterocycles. The lowest BCUT2D eigenvalue weighted by Crippen LogP contribution is -2.09. The molecule has 0 atom stereocenters. The van der Waals surface area contributed by atoms with Crippen molar-refractivity contribution in [3.05, 3.63) is 36.4 Å². The van der Waals surface area contributed by atoms with Crippen LogP contribution in [0, 0.1) is 0 Å². The maximum absolute atomic E-state index is 10.0. The molecule has 0 bridgehead atoms. The minimum Gasteiger partial charge on any atom is -0.199 e. The van der Waals surface area contributed by atoms with Gasteiger partial charge in [0, 0.05) is 0 Å². The summed E-state index contributed by atoms with van der Waals surface area (Å²) in [7, 11) is -7.74. The van der Waals surface area contributed by atoms with E-state index in [-0.39, 0.29) is 0 Å². The Morgan fingerprint density at radius 3 is 0.933 bits per heavy atom. The highest BCUT2D eigenvalue weighted by molar-refractivity contribution is 7.99.